The number of aromatic nitrogens is 1. The average molecular weight is 290 g/mol. The number of carbonyl (C=O) groups is 1. The Labute approximate surface area is 120 Å². The molecular formula is C13H14N4O2S. The SMILES string of the molecule is Cc1cnc(CNC(=O)c2cccc(/C(N)=N/O)c2)s1. The molecule has 1 amide bonds. The first-order valence-electron chi connectivity index (χ1n) is 5.87. The summed E-state index contributed by atoms with van der Waals surface area (Å²) in [6.45, 7) is 2.34. The van der Waals surface area contributed by atoms with Crippen molar-refractivity contribution in [3.63, 3.8) is 0 Å². The van der Waals surface area contributed by atoms with Gasteiger partial charge in [-0.15, -0.1) is 11.3 Å². The van der Waals surface area contributed by atoms with Crippen molar-refractivity contribution in [1.82, 2.24) is 10.3 Å². The number of nitrogens with zero attached hydrogens (tertiary/aromatic N) is 2. The third-order valence-electron chi connectivity index (χ3n) is 2.60. The van der Waals surface area contributed by atoms with Gasteiger partial charge in [0, 0.05) is 22.2 Å². The monoisotopic (exact) mass is 290 g/mol. The van der Waals surface area contributed by atoms with Gasteiger partial charge in [-0.05, 0) is 19.1 Å². The van der Waals surface area contributed by atoms with E-state index < -0.39 is 0 Å². The molecule has 1 heterocycles. The maximum Gasteiger partial charge on any atom is 0.251 e. The number of hydrogen-bond acceptors (Lipinski definition) is 5. The molecule has 2 rings (SSSR count). The van der Waals surface area contributed by atoms with Crippen LogP contribution in [-0.2, 0) is 6.54 Å². The molecule has 0 aliphatic heterocycles. The van der Waals surface area contributed by atoms with Crippen LogP contribution in [0.4, 0.5) is 0 Å². The average Bonchev–Trinajstić information content (AvgIpc) is 2.89. The van der Waals surface area contributed by atoms with Crippen LogP contribution in [0.25, 0.3) is 0 Å². The topological polar surface area (TPSA) is 101 Å². The van der Waals surface area contributed by atoms with E-state index in [2.05, 4.69) is 15.5 Å². The number of hydrogen-bond donors (Lipinski definition) is 3. The second-order valence-corrected chi connectivity index (χ2v) is 5.43. The quantitative estimate of drug-likeness (QED) is 0.343. The van der Waals surface area contributed by atoms with Crippen molar-refractivity contribution >= 4 is 23.1 Å². The molecule has 104 valence electrons. The third kappa shape index (κ3) is 3.33. The van der Waals surface area contributed by atoms with Crippen molar-refractivity contribution in [3.8, 4) is 0 Å². The number of thiazole rings is 1. The molecule has 20 heavy (non-hydrogen) atoms. The van der Waals surface area contributed by atoms with Crippen LogP contribution in [-0.4, -0.2) is 21.9 Å². The summed E-state index contributed by atoms with van der Waals surface area (Å²) in [7, 11) is 0. The summed E-state index contributed by atoms with van der Waals surface area (Å²) < 4.78 is 0. The molecular weight excluding hydrogens is 276 g/mol. The second kappa shape index (κ2) is 6.16. The van der Waals surface area contributed by atoms with Crippen LogP contribution in [0.2, 0.25) is 0 Å². The molecule has 2 aromatic rings. The molecule has 1 aromatic heterocycles. The Morgan fingerprint density at radius 2 is 2.25 bits per heavy atom. The summed E-state index contributed by atoms with van der Waals surface area (Å²) in [6, 6.07) is 6.57. The fraction of sp³-hybridized carbons (Fsp3) is 0.154. The van der Waals surface area contributed by atoms with E-state index in [1.54, 1.807) is 30.5 Å². The van der Waals surface area contributed by atoms with E-state index in [-0.39, 0.29) is 11.7 Å². The number of aryl methyl sites for hydroxylation is 1. The molecule has 1 aromatic carbocycles. The Kier molecular flexibility index (Phi) is 4.31. The molecule has 7 heteroatoms. The molecule has 0 saturated carbocycles. The fourth-order valence-electron chi connectivity index (χ4n) is 1.62. The second-order valence-electron chi connectivity index (χ2n) is 4.11. The minimum Gasteiger partial charge on any atom is -0.409 e. The molecule has 0 unspecified atom stereocenters. The third-order valence-corrected chi connectivity index (χ3v) is 3.51. The summed E-state index contributed by atoms with van der Waals surface area (Å²) in [6.07, 6.45) is 1.77. The van der Waals surface area contributed by atoms with Gasteiger partial charge >= 0.3 is 0 Å². The van der Waals surface area contributed by atoms with Crippen LogP contribution in [0.1, 0.15) is 25.8 Å². The molecule has 4 N–H and O–H groups in total. The predicted octanol–water partition coefficient (Wildman–Crippen LogP) is 1.48. The molecule has 0 aliphatic carbocycles. The highest BCUT2D eigenvalue weighted by molar-refractivity contribution is 7.11. The van der Waals surface area contributed by atoms with Crippen molar-refractivity contribution in [2.75, 3.05) is 0 Å². The van der Waals surface area contributed by atoms with Crippen molar-refractivity contribution in [3.05, 3.63) is 51.5 Å². The first kappa shape index (κ1) is 14.0. The maximum atomic E-state index is 12.0. The van der Waals surface area contributed by atoms with Crippen molar-refractivity contribution in [1.29, 1.82) is 0 Å². The van der Waals surface area contributed by atoms with Gasteiger partial charge in [-0.3, -0.25) is 4.79 Å². The zero-order valence-corrected chi connectivity index (χ0v) is 11.6. The molecule has 0 aliphatic rings. The maximum absolute atomic E-state index is 12.0. The van der Waals surface area contributed by atoms with Gasteiger partial charge in [0.25, 0.3) is 5.91 Å². The van der Waals surface area contributed by atoms with Gasteiger partial charge in [-0.2, -0.15) is 0 Å². The molecule has 6 nitrogen and oxygen atoms in total. The van der Waals surface area contributed by atoms with E-state index in [0.717, 1.165) is 9.88 Å². The molecule has 0 bridgehead atoms. The Hall–Kier alpha value is -2.41. The number of oxime groups is 1. The highest BCUT2D eigenvalue weighted by Crippen LogP contribution is 2.11. The largest absolute Gasteiger partial charge is 0.409 e. The van der Waals surface area contributed by atoms with E-state index in [1.165, 1.54) is 11.3 Å². The molecule has 0 spiro atoms. The van der Waals surface area contributed by atoms with Gasteiger partial charge < -0.3 is 16.3 Å². The number of benzene rings is 1. The highest BCUT2D eigenvalue weighted by Gasteiger charge is 2.08. The van der Waals surface area contributed by atoms with Crippen molar-refractivity contribution < 1.29 is 10.0 Å². The number of amides is 1. The van der Waals surface area contributed by atoms with Gasteiger partial charge in [0.2, 0.25) is 0 Å². The minimum absolute atomic E-state index is 0.0322. The summed E-state index contributed by atoms with van der Waals surface area (Å²) in [5.41, 5.74) is 6.43. The van der Waals surface area contributed by atoms with Gasteiger partial charge in [0.15, 0.2) is 5.84 Å². The number of carbonyl (C=O) groups excluding carboxylic acids is 1. The number of amidine groups is 1. The summed E-state index contributed by atoms with van der Waals surface area (Å²) in [5, 5.41) is 15.2. The molecule has 0 atom stereocenters. The lowest BCUT2D eigenvalue weighted by molar-refractivity contribution is 0.0951. The van der Waals surface area contributed by atoms with Crippen molar-refractivity contribution in [2.45, 2.75) is 13.5 Å². The number of rotatable bonds is 4. The normalized spacial score (nSPS) is 11.3. The van der Waals surface area contributed by atoms with E-state index in [1.807, 2.05) is 6.92 Å². The van der Waals surface area contributed by atoms with Gasteiger partial charge in [0.1, 0.15) is 5.01 Å². The smallest absolute Gasteiger partial charge is 0.251 e. The van der Waals surface area contributed by atoms with Gasteiger partial charge in [-0.25, -0.2) is 4.98 Å². The van der Waals surface area contributed by atoms with E-state index in [4.69, 9.17) is 10.9 Å². The zero-order valence-electron chi connectivity index (χ0n) is 10.8. The molecule has 0 radical (unpaired) electrons. The standard InChI is InChI=1S/C13H14N4O2S/c1-8-6-15-11(20-8)7-16-13(18)10-4-2-3-9(5-10)12(14)17-19/h2-6,19H,7H2,1H3,(H2,14,17)(H,16,18). The van der Waals surface area contributed by atoms with Gasteiger partial charge in [0.05, 0.1) is 6.54 Å². The highest BCUT2D eigenvalue weighted by atomic mass is 32.1. The number of nitrogens with two attached hydrogens (primary N) is 1. The minimum atomic E-state index is -0.231. The van der Waals surface area contributed by atoms with Crippen LogP contribution >= 0.6 is 11.3 Å². The summed E-state index contributed by atoms with van der Waals surface area (Å²) in [4.78, 5) is 17.3. The lowest BCUT2D eigenvalue weighted by Gasteiger charge is -2.05. The molecule has 0 saturated heterocycles. The Bertz CT molecular complexity index is 651. The van der Waals surface area contributed by atoms with Crippen LogP contribution in [0, 0.1) is 6.92 Å². The Morgan fingerprint density at radius 3 is 2.90 bits per heavy atom. The predicted molar refractivity (Wildman–Crippen MR) is 77.0 cm³/mol. The first-order chi connectivity index (χ1) is 9.60. The lowest BCUT2D eigenvalue weighted by atomic mass is 10.1. The van der Waals surface area contributed by atoms with E-state index in [9.17, 15) is 4.79 Å². The lowest BCUT2D eigenvalue weighted by Crippen LogP contribution is -2.23. The zero-order chi connectivity index (χ0) is 14.5. The van der Waals surface area contributed by atoms with Crippen LogP contribution in [0.3, 0.4) is 0 Å². The summed E-state index contributed by atoms with van der Waals surface area (Å²) >= 11 is 1.54. The Balaban J connectivity index is 2.05. The fourth-order valence-corrected chi connectivity index (χ4v) is 2.35. The van der Waals surface area contributed by atoms with E-state index in [0.29, 0.717) is 17.7 Å². The Morgan fingerprint density at radius 1 is 1.50 bits per heavy atom. The summed E-state index contributed by atoms with van der Waals surface area (Å²) in [5.74, 6) is -0.263. The van der Waals surface area contributed by atoms with Crippen LogP contribution < -0.4 is 11.1 Å². The number of nitrogens with one attached hydrogen (secondary N) is 1. The van der Waals surface area contributed by atoms with E-state index >= 15 is 0 Å². The van der Waals surface area contributed by atoms with Crippen LogP contribution in [0.15, 0.2) is 35.6 Å². The van der Waals surface area contributed by atoms with Crippen LogP contribution in [0.5, 0.6) is 0 Å². The first-order valence-corrected chi connectivity index (χ1v) is 6.69. The molecule has 0 fully saturated rings. The van der Waals surface area contributed by atoms with Crippen molar-refractivity contribution in [2.24, 2.45) is 10.9 Å². The van der Waals surface area contributed by atoms with Gasteiger partial charge in [-0.1, -0.05) is 17.3 Å².